The highest BCUT2D eigenvalue weighted by atomic mass is 35.5. The van der Waals surface area contributed by atoms with Crippen molar-refractivity contribution >= 4 is 34.4 Å². The number of ether oxygens (including phenoxy) is 2. The number of unbranched alkanes of at least 4 members (excludes halogenated alkanes) is 8. The number of carbonyl (C=O) groups is 2. The Morgan fingerprint density at radius 3 is 2.00 bits per heavy atom. The van der Waals surface area contributed by atoms with E-state index in [0.717, 1.165) is 25.7 Å². The first-order valence-corrected chi connectivity index (χ1v) is 10.2. The third kappa shape index (κ3) is 11.0. The van der Waals surface area contributed by atoms with E-state index in [0.29, 0.717) is 29.5 Å². The zero-order chi connectivity index (χ0) is 19.9. The average Bonchev–Trinajstić information content (AvgIpc) is 2.66. The Labute approximate surface area is 171 Å². The van der Waals surface area contributed by atoms with Gasteiger partial charge in [0.1, 0.15) is 5.75 Å². The number of hydrogen-bond acceptors (Lipinski definition) is 4. The van der Waals surface area contributed by atoms with Gasteiger partial charge in [0.05, 0.1) is 18.2 Å². The molecule has 0 N–H and O–H groups in total. The van der Waals surface area contributed by atoms with Gasteiger partial charge < -0.3 is 9.47 Å². The largest absolute Gasteiger partial charge is 0.492 e. The highest BCUT2D eigenvalue weighted by molar-refractivity contribution is 6.67. The van der Waals surface area contributed by atoms with Crippen molar-refractivity contribution in [1.29, 1.82) is 0 Å². The van der Waals surface area contributed by atoms with Gasteiger partial charge in [0.25, 0.3) is 5.24 Å². The minimum absolute atomic E-state index is 0.344. The molecular weight excluding hydrogens is 387 g/mol. The van der Waals surface area contributed by atoms with E-state index in [1.54, 1.807) is 12.1 Å². The fourth-order valence-electron chi connectivity index (χ4n) is 2.60. The zero-order valence-electron chi connectivity index (χ0n) is 15.7. The Bertz CT molecular complexity index is 602. The SMILES string of the molecule is C=CC(=O)OCCCCCCCCCCCOc1ccc(C(=O)Cl)cc1Cl. The minimum Gasteiger partial charge on any atom is -0.492 e. The molecule has 4 nitrogen and oxygen atoms in total. The summed E-state index contributed by atoms with van der Waals surface area (Å²) in [6, 6.07) is 4.81. The van der Waals surface area contributed by atoms with E-state index >= 15 is 0 Å². The van der Waals surface area contributed by atoms with E-state index in [1.807, 2.05) is 0 Å². The predicted molar refractivity (Wildman–Crippen MR) is 110 cm³/mol. The maximum atomic E-state index is 11.1. The van der Waals surface area contributed by atoms with Gasteiger partial charge in [-0.1, -0.05) is 63.1 Å². The van der Waals surface area contributed by atoms with Crippen molar-refractivity contribution in [3.63, 3.8) is 0 Å². The van der Waals surface area contributed by atoms with Gasteiger partial charge in [-0.2, -0.15) is 0 Å². The van der Waals surface area contributed by atoms with Gasteiger partial charge in [-0.3, -0.25) is 4.79 Å². The van der Waals surface area contributed by atoms with Crippen LogP contribution in [-0.2, 0) is 9.53 Å². The van der Waals surface area contributed by atoms with Crippen molar-refractivity contribution in [1.82, 2.24) is 0 Å². The van der Waals surface area contributed by atoms with Crippen LogP contribution in [0.5, 0.6) is 5.75 Å². The summed E-state index contributed by atoms with van der Waals surface area (Å²) < 4.78 is 10.6. The van der Waals surface area contributed by atoms with Gasteiger partial charge >= 0.3 is 5.97 Å². The van der Waals surface area contributed by atoms with Gasteiger partial charge in [0.2, 0.25) is 0 Å². The highest BCUT2D eigenvalue weighted by Gasteiger charge is 2.07. The van der Waals surface area contributed by atoms with Crippen LogP contribution < -0.4 is 4.74 Å². The third-order valence-electron chi connectivity index (χ3n) is 4.12. The van der Waals surface area contributed by atoms with E-state index in [-0.39, 0.29) is 5.97 Å². The maximum absolute atomic E-state index is 11.1. The quantitative estimate of drug-likeness (QED) is 0.145. The molecule has 150 valence electrons. The van der Waals surface area contributed by atoms with Gasteiger partial charge in [-0.15, -0.1) is 0 Å². The topological polar surface area (TPSA) is 52.6 Å². The normalized spacial score (nSPS) is 10.4. The van der Waals surface area contributed by atoms with Crippen LogP contribution >= 0.6 is 23.2 Å². The van der Waals surface area contributed by atoms with Crippen molar-refractivity contribution in [3.8, 4) is 5.75 Å². The fourth-order valence-corrected chi connectivity index (χ4v) is 2.95. The summed E-state index contributed by atoms with van der Waals surface area (Å²) in [7, 11) is 0. The smallest absolute Gasteiger partial charge is 0.330 e. The first-order valence-electron chi connectivity index (χ1n) is 9.46. The van der Waals surface area contributed by atoms with Crippen molar-refractivity contribution in [3.05, 3.63) is 41.4 Å². The Balaban J connectivity index is 1.94. The van der Waals surface area contributed by atoms with Crippen molar-refractivity contribution in [2.45, 2.75) is 57.8 Å². The molecule has 0 spiro atoms. The Morgan fingerprint density at radius 2 is 1.48 bits per heavy atom. The molecule has 0 bridgehead atoms. The molecule has 1 aromatic carbocycles. The maximum Gasteiger partial charge on any atom is 0.330 e. The van der Waals surface area contributed by atoms with Crippen molar-refractivity contribution < 1.29 is 19.1 Å². The monoisotopic (exact) mass is 414 g/mol. The van der Waals surface area contributed by atoms with Crippen LogP contribution in [0.2, 0.25) is 5.02 Å². The van der Waals surface area contributed by atoms with Crippen LogP contribution in [0.25, 0.3) is 0 Å². The Kier molecular flexibility index (Phi) is 12.7. The molecule has 27 heavy (non-hydrogen) atoms. The lowest BCUT2D eigenvalue weighted by Gasteiger charge is -2.08. The molecule has 0 aromatic heterocycles. The molecule has 0 saturated heterocycles. The van der Waals surface area contributed by atoms with Gasteiger partial charge in [-0.25, -0.2) is 4.79 Å². The number of benzene rings is 1. The lowest BCUT2D eigenvalue weighted by atomic mass is 10.1. The molecular formula is C21H28Cl2O4. The standard InChI is InChI=1S/C21H28Cl2O4/c1-2-20(24)27-15-11-9-7-5-3-4-6-8-10-14-26-19-13-12-17(21(23)25)16-18(19)22/h2,12-13,16H,1,3-11,14-15H2. The van der Waals surface area contributed by atoms with Crippen LogP contribution in [-0.4, -0.2) is 24.4 Å². The van der Waals surface area contributed by atoms with Crippen molar-refractivity contribution in [2.75, 3.05) is 13.2 Å². The molecule has 0 heterocycles. The lowest BCUT2D eigenvalue weighted by Crippen LogP contribution is -2.01. The number of esters is 1. The summed E-state index contributed by atoms with van der Waals surface area (Å²) >= 11 is 11.5. The second kappa shape index (κ2) is 14.5. The molecule has 0 radical (unpaired) electrons. The summed E-state index contributed by atoms with van der Waals surface area (Å²) in [6.07, 6.45) is 11.3. The van der Waals surface area contributed by atoms with Crippen molar-refractivity contribution in [2.24, 2.45) is 0 Å². The van der Waals surface area contributed by atoms with Crippen LogP contribution in [0.1, 0.15) is 68.1 Å². The Morgan fingerprint density at radius 1 is 0.926 bits per heavy atom. The molecule has 1 rings (SSSR count). The van der Waals surface area contributed by atoms with Crippen LogP contribution in [0.4, 0.5) is 0 Å². The number of rotatable bonds is 15. The molecule has 6 heteroatoms. The third-order valence-corrected chi connectivity index (χ3v) is 4.63. The molecule has 0 aliphatic rings. The summed E-state index contributed by atoms with van der Waals surface area (Å²) in [5, 5.41) is -0.125. The summed E-state index contributed by atoms with van der Waals surface area (Å²) in [5.41, 5.74) is 0.367. The number of carbonyl (C=O) groups excluding carboxylic acids is 2. The van der Waals surface area contributed by atoms with Gasteiger partial charge in [0.15, 0.2) is 0 Å². The number of hydrogen-bond donors (Lipinski definition) is 0. The predicted octanol–water partition coefficient (Wildman–Crippen LogP) is 6.34. The van der Waals surface area contributed by atoms with E-state index in [4.69, 9.17) is 32.7 Å². The Hall–Kier alpha value is -1.52. The first-order chi connectivity index (χ1) is 13.0. The summed E-state index contributed by atoms with van der Waals surface area (Å²) in [4.78, 5) is 21.9. The van der Waals surface area contributed by atoms with E-state index in [9.17, 15) is 9.59 Å². The molecule has 0 unspecified atom stereocenters. The molecule has 0 amide bonds. The second-order valence-corrected chi connectivity index (χ2v) is 7.07. The van der Waals surface area contributed by atoms with Crippen LogP contribution in [0.15, 0.2) is 30.9 Å². The van der Waals surface area contributed by atoms with E-state index in [1.165, 1.54) is 44.2 Å². The lowest BCUT2D eigenvalue weighted by molar-refractivity contribution is -0.137. The molecule has 0 aliphatic carbocycles. The summed E-state index contributed by atoms with van der Waals surface area (Å²) in [6.45, 7) is 4.45. The molecule has 0 atom stereocenters. The highest BCUT2D eigenvalue weighted by Crippen LogP contribution is 2.26. The molecule has 0 fully saturated rings. The van der Waals surface area contributed by atoms with Gasteiger partial charge in [0, 0.05) is 11.6 Å². The van der Waals surface area contributed by atoms with E-state index in [2.05, 4.69) is 6.58 Å². The zero-order valence-corrected chi connectivity index (χ0v) is 17.2. The van der Waals surface area contributed by atoms with E-state index < -0.39 is 5.24 Å². The fraction of sp³-hybridized carbons (Fsp3) is 0.524. The second-order valence-electron chi connectivity index (χ2n) is 6.32. The summed E-state index contributed by atoms with van der Waals surface area (Å²) in [5.74, 6) is 0.237. The molecule has 0 saturated carbocycles. The van der Waals surface area contributed by atoms with Gasteiger partial charge in [-0.05, 0) is 42.6 Å². The first kappa shape index (κ1) is 23.5. The van der Waals surface area contributed by atoms with Crippen LogP contribution in [0, 0.1) is 0 Å². The van der Waals surface area contributed by atoms with Crippen LogP contribution in [0.3, 0.4) is 0 Å². The minimum atomic E-state index is -0.528. The molecule has 1 aromatic rings. The average molecular weight is 415 g/mol. The number of halogens is 2. The molecule has 0 aliphatic heterocycles.